The average molecular weight is 213 g/mol. The Labute approximate surface area is 87.3 Å². The molecule has 1 rings (SSSR count). The second-order valence-corrected chi connectivity index (χ2v) is 3.28. The van der Waals surface area contributed by atoms with Crippen LogP contribution in [0.5, 0.6) is 0 Å². The third-order valence-corrected chi connectivity index (χ3v) is 2.28. The van der Waals surface area contributed by atoms with Gasteiger partial charge < -0.3 is 5.32 Å². The summed E-state index contributed by atoms with van der Waals surface area (Å²) in [7, 11) is 1.75. The van der Waals surface area contributed by atoms with Crippen molar-refractivity contribution in [1.29, 1.82) is 5.26 Å². The minimum atomic E-state index is -0.442. The normalized spacial score (nSPS) is 12.1. The zero-order chi connectivity index (χ0) is 10.6. The second-order valence-electron chi connectivity index (χ2n) is 2.88. The lowest BCUT2D eigenvalue weighted by molar-refractivity contribution is 0.599. The van der Waals surface area contributed by atoms with Gasteiger partial charge in [0.05, 0.1) is 17.5 Å². The van der Waals surface area contributed by atoms with Crippen LogP contribution in [0.4, 0.5) is 4.39 Å². The molecule has 74 valence electrons. The van der Waals surface area contributed by atoms with Gasteiger partial charge in [0.25, 0.3) is 0 Å². The third-order valence-electron chi connectivity index (χ3n) is 1.99. The maximum atomic E-state index is 12.8. The predicted molar refractivity (Wildman–Crippen MR) is 53.4 cm³/mol. The highest BCUT2D eigenvalue weighted by Gasteiger charge is 2.10. The van der Waals surface area contributed by atoms with Crippen LogP contribution >= 0.6 is 11.6 Å². The first-order valence-corrected chi connectivity index (χ1v) is 4.56. The van der Waals surface area contributed by atoms with Gasteiger partial charge >= 0.3 is 0 Å². The summed E-state index contributed by atoms with van der Waals surface area (Å²) in [6.45, 7) is 0. The van der Waals surface area contributed by atoms with E-state index in [0.717, 1.165) is 5.56 Å². The number of benzene rings is 1. The Balaban J connectivity index is 2.95. The van der Waals surface area contributed by atoms with E-state index in [1.165, 1.54) is 12.1 Å². The Bertz CT molecular complexity index is 360. The van der Waals surface area contributed by atoms with Crippen molar-refractivity contribution in [1.82, 2.24) is 5.32 Å². The van der Waals surface area contributed by atoms with E-state index in [4.69, 9.17) is 16.9 Å². The number of nitriles is 1. The van der Waals surface area contributed by atoms with E-state index < -0.39 is 5.82 Å². The maximum Gasteiger partial charge on any atom is 0.141 e. The van der Waals surface area contributed by atoms with Gasteiger partial charge in [-0.25, -0.2) is 4.39 Å². The number of nitrogens with one attached hydrogen (secondary N) is 1. The van der Waals surface area contributed by atoms with Crippen LogP contribution in [0, 0.1) is 17.1 Å². The van der Waals surface area contributed by atoms with Gasteiger partial charge in [-0.2, -0.15) is 5.26 Å². The number of hydrogen-bond acceptors (Lipinski definition) is 2. The first kappa shape index (κ1) is 11.0. The summed E-state index contributed by atoms with van der Waals surface area (Å²) in [4.78, 5) is 0. The Kier molecular flexibility index (Phi) is 3.87. The standard InChI is InChI=1S/C10H10ClFN2/c1-14-10(4-5-13)7-2-3-9(12)8(11)6-7/h2-3,6,10,14H,4H2,1H3. The summed E-state index contributed by atoms with van der Waals surface area (Å²) in [6.07, 6.45) is 0.332. The molecular weight excluding hydrogens is 203 g/mol. The fourth-order valence-corrected chi connectivity index (χ4v) is 1.40. The number of rotatable bonds is 3. The van der Waals surface area contributed by atoms with Crippen molar-refractivity contribution in [3.8, 4) is 6.07 Å². The molecule has 1 aromatic carbocycles. The molecule has 1 aromatic rings. The smallest absolute Gasteiger partial charge is 0.141 e. The van der Waals surface area contributed by atoms with E-state index in [-0.39, 0.29) is 11.1 Å². The van der Waals surface area contributed by atoms with Gasteiger partial charge in [-0.3, -0.25) is 0 Å². The summed E-state index contributed by atoms with van der Waals surface area (Å²) < 4.78 is 12.8. The molecule has 0 aliphatic carbocycles. The van der Waals surface area contributed by atoms with Crippen LogP contribution in [0.3, 0.4) is 0 Å². The Hall–Kier alpha value is -1.11. The van der Waals surface area contributed by atoms with Gasteiger partial charge in [0.15, 0.2) is 0 Å². The molecule has 0 saturated carbocycles. The summed E-state index contributed by atoms with van der Waals surface area (Å²) in [5.74, 6) is -0.442. The molecule has 0 aliphatic heterocycles. The Morgan fingerprint density at radius 1 is 1.64 bits per heavy atom. The Morgan fingerprint density at radius 3 is 2.86 bits per heavy atom. The molecule has 0 spiro atoms. The summed E-state index contributed by atoms with van der Waals surface area (Å²) in [6, 6.07) is 6.42. The van der Waals surface area contributed by atoms with E-state index in [2.05, 4.69) is 11.4 Å². The van der Waals surface area contributed by atoms with Crippen molar-refractivity contribution in [2.24, 2.45) is 0 Å². The molecule has 0 fully saturated rings. The molecule has 4 heteroatoms. The molecule has 0 amide bonds. The molecule has 0 aliphatic rings. The second kappa shape index (κ2) is 4.94. The fourth-order valence-electron chi connectivity index (χ4n) is 1.21. The molecule has 1 atom stereocenters. The van der Waals surface area contributed by atoms with Crippen molar-refractivity contribution in [2.75, 3.05) is 7.05 Å². The van der Waals surface area contributed by atoms with E-state index in [1.807, 2.05) is 0 Å². The molecular formula is C10H10ClFN2. The van der Waals surface area contributed by atoms with Crippen molar-refractivity contribution in [3.63, 3.8) is 0 Å². The lowest BCUT2D eigenvalue weighted by Gasteiger charge is -2.13. The van der Waals surface area contributed by atoms with Crippen LogP contribution in [-0.2, 0) is 0 Å². The molecule has 0 heterocycles. The van der Waals surface area contributed by atoms with Gasteiger partial charge in [-0.1, -0.05) is 17.7 Å². The van der Waals surface area contributed by atoms with Gasteiger partial charge in [-0.15, -0.1) is 0 Å². The monoisotopic (exact) mass is 212 g/mol. The van der Waals surface area contributed by atoms with Gasteiger partial charge in [0, 0.05) is 6.04 Å². The van der Waals surface area contributed by atoms with Crippen LogP contribution in [-0.4, -0.2) is 7.05 Å². The van der Waals surface area contributed by atoms with E-state index >= 15 is 0 Å². The van der Waals surface area contributed by atoms with Crippen LogP contribution < -0.4 is 5.32 Å². The number of halogens is 2. The quantitative estimate of drug-likeness (QED) is 0.836. The molecule has 1 unspecified atom stereocenters. The van der Waals surface area contributed by atoms with Crippen molar-refractivity contribution < 1.29 is 4.39 Å². The van der Waals surface area contributed by atoms with Crippen molar-refractivity contribution in [3.05, 3.63) is 34.6 Å². The molecule has 0 bridgehead atoms. The molecule has 1 N–H and O–H groups in total. The minimum absolute atomic E-state index is 0.0840. The van der Waals surface area contributed by atoms with Crippen LogP contribution in [0.1, 0.15) is 18.0 Å². The molecule has 0 saturated heterocycles. The predicted octanol–water partition coefficient (Wildman–Crippen LogP) is 2.65. The maximum absolute atomic E-state index is 12.8. The number of nitrogens with zero attached hydrogens (tertiary/aromatic N) is 1. The van der Waals surface area contributed by atoms with Crippen molar-refractivity contribution in [2.45, 2.75) is 12.5 Å². The molecule has 0 radical (unpaired) electrons. The highest BCUT2D eigenvalue weighted by atomic mass is 35.5. The lowest BCUT2D eigenvalue weighted by Crippen LogP contribution is -2.15. The minimum Gasteiger partial charge on any atom is -0.312 e. The van der Waals surface area contributed by atoms with E-state index in [9.17, 15) is 4.39 Å². The zero-order valence-electron chi connectivity index (χ0n) is 7.72. The van der Waals surface area contributed by atoms with Crippen LogP contribution in [0.15, 0.2) is 18.2 Å². The zero-order valence-corrected chi connectivity index (χ0v) is 8.48. The van der Waals surface area contributed by atoms with E-state index in [1.54, 1.807) is 13.1 Å². The first-order valence-electron chi connectivity index (χ1n) is 4.18. The Morgan fingerprint density at radius 2 is 2.36 bits per heavy atom. The molecule has 2 nitrogen and oxygen atoms in total. The van der Waals surface area contributed by atoms with Gasteiger partial charge in [0.2, 0.25) is 0 Å². The fraction of sp³-hybridized carbons (Fsp3) is 0.300. The number of hydrogen-bond donors (Lipinski definition) is 1. The topological polar surface area (TPSA) is 35.8 Å². The SMILES string of the molecule is CNC(CC#N)c1ccc(F)c(Cl)c1. The van der Waals surface area contributed by atoms with Crippen LogP contribution in [0.2, 0.25) is 5.02 Å². The molecule has 14 heavy (non-hydrogen) atoms. The molecule has 0 aromatic heterocycles. The lowest BCUT2D eigenvalue weighted by atomic mass is 10.0. The largest absolute Gasteiger partial charge is 0.312 e. The first-order chi connectivity index (χ1) is 6.69. The summed E-state index contributed by atoms with van der Waals surface area (Å²) >= 11 is 5.63. The average Bonchev–Trinajstić information content (AvgIpc) is 2.19. The van der Waals surface area contributed by atoms with Gasteiger partial charge in [-0.05, 0) is 24.7 Å². The van der Waals surface area contributed by atoms with Crippen molar-refractivity contribution >= 4 is 11.6 Å². The van der Waals surface area contributed by atoms with Crippen LogP contribution in [0.25, 0.3) is 0 Å². The highest BCUT2D eigenvalue weighted by molar-refractivity contribution is 6.30. The van der Waals surface area contributed by atoms with E-state index in [0.29, 0.717) is 6.42 Å². The summed E-state index contributed by atoms with van der Waals surface area (Å²) in [5.41, 5.74) is 0.820. The third kappa shape index (κ3) is 2.44. The highest BCUT2D eigenvalue weighted by Crippen LogP contribution is 2.22. The summed E-state index contributed by atoms with van der Waals surface area (Å²) in [5, 5.41) is 11.6. The van der Waals surface area contributed by atoms with Gasteiger partial charge in [0.1, 0.15) is 5.82 Å².